The smallest absolute Gasteiger partial charge is 0.305 e. The summed E-state index contributed by atoms with van der Waals surface area (Å²) in [6.45, 7) is 5.34. The van der Waals surface area contributed by atoms with Gasteiger partial charge in [0.15, 0.2) is 0 Å². The van der Waals surface area contributed by atoms with Crippen LogP contribution in [0, 0.1) is 0 Å². The van der Waals surface area contributed by atoms with Gasteiger partial charge in [-0.25, -0.2) is 0 Å². The van der Waals surface area contributed by atoms with Crippen molar-refractivity contribution in [2.24, 2.45) is 0 Å². The second kappa shape index (κ2) is 13.5. The molecule has 1 aromatic carbocycles. The van der Waals surface area contributed by atoms with E-state index >= 15 is 0 Å². The molecular formula is C21H33NO3. The van der Waals surface area contributed by atoms with Crippen LogP contribution in [-0.4, -0.2) is 25.0 Å². The highest BCUT2D eigenvalue weighted by atomic mass is 16.5. The molecule has 0 radical (unpaired) electrons. The molecule has 0 aromatic heterocycles. The highest BCUT2D eigenvalue weighted by molar-refractivity contribution is 5.93. The van der Waals surface area contributed by atoms with E-state index in [2.05, 4.69) is 6.92 Å². The molecule has 0 aliphatic carbocycles. The van der Waals surface area contributed by atoms with Crippen molar-refractivity contribution in [3.05, 3.63) is 30.3 Å². The minimum atomic E-state index is -0.140. The van der Waals surface area contributed by atoms with Crippen molar-refractivity contribution < 1.29 is 14.3 Å². The zero-order valence-corrected chi connectivity index (χ0v) is 15.8. The minimum Gasteiger partial charge on any atom is -0.466 e. The van der Waals surface area contributed by atoms with Crippen LogP contribution in [-0.2, 0) is 14.3 Å². The maximum Gasteiger partial charge on any atom is 0.305 e. The second-order valence-corrected chi connectivity index (χ2v) is 6.32. The van der Waals surface area contributed by atoms with E-state index in [9.17, 15) is 9.59 Å². The summed E-state index contributed by atoms with van der Waals surface area (Å²) >= 11 is 0. The Morgan fingerprint density at radius 1 is 0.880 bits per heavy atom. The number of anilines is 1. The predicted molar refractivity (Wildman–Crippen MR) is 103 cm³/mol. The van der Waals surface area contributed by atoms with Crippen LogP contribution in [0.15, 0.2) is 30.3 Å². The topological polar surface area (TPSA) is 46.6 Å². The van der Waals surface area contributed by atoms with Crippen molar-refractivity contribution in [2.75, 3.05) is 18.1 Å². The number of rotatable bonds is 13. The molecule has 0 fully saturated rings. The number of hydrogen-bond acceptors (Lipinski definition) is 3. The zero-order valence-electron chi connectivity index (χ0n) is 15.8. The summed E-state index contributed by atoms with van der Waals surface area (Å²) in [4.78, 5) is 25.8. The molecule has 0 saturated carbocycles. The molecule has 0 aliphatic heterocycles. The van der Waals surface area contributed by atoms with E-state index in [1.54, 1.807) is 4.90 Å². The van der Waals surface area contributed by atoms with Gasteiger partial charge in [-0.15, -0.1) is 0 Å². The van der Waals surface area contributed by atoms with E-state index in [0.717, 1.165) is 18.5 Å². The molecular weight excluding hydrogens is 314 g/mol. The van der Waals surface area contributed by atoms with Crippen LogP contribution in [0.2, 0.25) is 0 Å². The summed E-state index contributed by atoms with van der Waals surface area (Å²) in [6.07, 6.45) is 8.05. The second-order valence-electron chi connectivity index (χ2n) is 6.32. The van der Waals surface area contributed by atoms with Gasteiger partial charge in [-0.1, -0.05) is 50.8 Å². The highest BCUT2D eigenvalue weighted by Crippen LogP contribution is 2.15. The monoisotopic (exact) mass is 347 g/mol. The van der Waals surface area contributed by atoms with Crippen molar-refractivity contribution in [2.45, 2.75) is 71.6 Å². The van der Waals surface area contributed by atoms with E-state index in [0.29, 0.717) is 38.8 Å². The molecule has 25 heavy (non-hydrogen) atoms. The lowest BCUT2D eigenvalue weighted by atomic mass is 10.1. The third-order valence-corrected chi connectivity index (χ3v) is 4.22. The Labute approximate surface area is 152 Å². The van der Waals surface area contributed by atoms with Gasteiger partial charge in [-0.2, -0.15) is 0 Å². The third kappa shape index (κ3) is 9.28. The number of nitrogens with zero attached hydrogens (tertiary/aromatic N) is 1. The molecule has 0 heterocycles. The van der Waals surface area contributed by atoms with Gasteiger partial charge in [0.1, 0.15) is 0 Å². The van der Waals surface area contributed by atoms with Crippen LogP contribution in [0.25, 0.3) is 0 Å². The van der Waals surface area contributed by atoms with Crippen LogP contribution in [0.5, 0.6) is 0 Å². The molecule has 0 unspecified atom stereocenters. The molecule has 1 amide bonds. The van der Waals surface area contributed by atoms with Crippen molar-refractivity contribution in [3.63, 3.8) is 0 Å². The SMILES string of the molecule is CCCCCCCOC(=O)CCCCC(=O)N(CC)c1ccccc1. The molecule has 0 aliphatic rings. The Bertz CT molecular complexity index is 487. The number of para-hydroxylation sites is 1. The maximum absolute atomic E-state index is 12.3. The average Bonchev–Trinajstić information content (AvgIpc) is 2.63. The van der Waals surface area contributed by atoms with Crippen molar-refractivity contribution in [1.82, 2.24) is 0 Å². The standard InChI is InChI=1S/C21H33NO3/c1-3-5-6-7-13-18-25-21(24)17-12-11-16-20(23)22(4-2)19-14-9-8-10-15-19/h8-10,14-15H,3-7,11-13,16-18H2,1-2H3. The van der Waals surface area contributed by atoms with Crippen LogP contribution in [0.1, 0.15) is 71.6 Å². The number of amides is 1. The molecule has 1 aromatic rings. The zero-order chi connectivity index (χ0) is 18.3. The van der Waals surface area contributed by atoms with Crippen molar-refractivity contribution in [1.29, 1.82) is 0 Å². The normalized spacial score (nSPS) is 10.5. The summed E-state index contributed by atoms with van der Waals surface area (Å²) in [7, 11) is 0. The molecule has 0 atom stereocenters. The first-order valence-corrected chi connectivity index (χ1v) is 9.70. The molecule has 0 saturated heterocycles. The average molecular weight is 347 g/mol. The van der Waals surface area contributed by atoms with Gasteiger partial charge in [-0.05, 0) is 38.3 Å². The van der Waals surface area contributed by atoms with Gasteiger partial charge >= 0.3 is 5.97 Å². The summed E-state index contributed by atoms with van der Waals surface area (Å²) in [6, 6.07) is 9.70. The first-order valence-electron chi connectivity index (χ1n) is 9.70. The highest BCUT2D eigenvalue weighted by Gasteiger charge is 2.13. The first-order chi connectivity index (χ1) is 12.2. The van der Waals surface area contributed by atoms with Gasteiger partial charge in [-0.3, -0.25) is 9.59 Å². The Morgan fingerprint density at radius 3 is 2.24 bits per heavy atom. The Morgan fingerprint density at radius 2 is 1.56 bits per heavy atom. The van der Waals surface area contributed by atoms with Crippen LogP contribution in [0.4, 0.5) is 5.69 Å². The minimum absolute atomic E-state index is 0.109. The maximum atomic E-state index is 12.3. The summed E-state index contributed by atoms with van der Waals surface area (Å²) in [5, 5.41) is 0. The lowest BCUT2D eigenvalue weighted by molar-refractivity contribution is -0.144. The molecule has 4 heteroatoms. The van der Waals surface area contributed by atoms with Crippen LogP contribution < -0.4 is 4.90 Å². The fourth-order valence-corrected chi connectivity index (χ4v) is 2.76. The first kappa shape index (κ1) is 21.2. The molecule has 4 nitrogen and oxygen atoms in total. The number of benzene rings is 1. The lowest BCUT2D eigenvalue weighted by Crippen LogP contribution is -2.30. The molecule has 1 rings (SSSR count). The van der Waals surface area contributed by atoms with E-state index in [-0.39, 0.29) is 11.9 Å². The molecule has 0 spiro atoms. The molecule has 0 N–H and O–H groups in total. The summed E-state index contributed by atoms with van der Waals surface area (Å²) in [5.41, 5.74) is 0.928. The van der Waals surface area contributed by atoms with E-state index in [1.807, 2.05) is 37.3 Å². The fourth-order valence-electron chi connectivity index (χ4n) is 2.76. The number of unbranched alkanes of at least 4 members (excludes halogenated alkanes) is 5. The van der Waals surface area contributed by atoms with Crippen molar-refractivity contribution >= 4 is 17.6 Å². The van der Waals surface area contributed by atoms with E-state index in [4.69, 9.17) is 4.74 Å². The fraction of sp³-hybridized carbons (Fsp3) is 0.619. The van der Waals surface area contributed by atoms with Gasteiger partial charge in [0.2, 0.25) is 5.91 Å². The summed E-state index contributed by atoms with van der Waals surface area (Å²) < 4.78 is 5.23. The number of esters is 1. The van der Waals surface area contributed by atoms with Gasteiger partial charge < -0.3 is 9.64 Å². The lowest BCUT2D eigenvalue weighted by Gasteiger charge is -2.20. The Balaban J connectivity index is 2.13. The predicted octanol–water partition coefficient (Wildman–Crippen LogP) is 5.11. The number of hydrogen-bond donors (Lipinski definition) is 0. The Hall–Kier alpha value is -1.84. The van der Waals surface area contributed by atoms with E-state index in [1.165, 1.54) is 19.3 Å². The van der Waals surface area contributed by atoms with Crippen LogP contribution >= 0.6 is 0 Å². The molecule has 140 valence electrons. The largest absolute Gasteiger partial charge is 0.466 e. The van der Waals surface area contributed by atoms with Gasteiger partial charge in [0, 0.05) is 25.1 Å². The van der Waals surface area contributed by atoms with Crippen molar-refractivity contribution in [3.8, 4) is 0 Å². The quantitative estimate of drug-likeness (QED) is 0.368. The third-order valence-electron chi connectivity index (χ3n) is 4.22. The van der Waals surface area contributed by atoms with Gasteiger partial charge in [0.05, 0.1) is 6.61 Å². The Kier molecular flexibility index (Phi) is 11.4. The number of carbonyl (C=O) groups excluding carboxylic acids is 2. The van der Waals surface area contributed by atoms with Gasteiger partial charge in [0.25, 0.3) is 0 Å². The summed E-state index contributed by atoms with van der Waals surface area (Å²) in [5.74, 6) is -0.0312. The number of carbonyl (C=O) groups is 2. The molecule has 0 bridgehead atoms. The van der Waals surface area contributed by atoms with E-state index < -0.39 is 0 Å². The number of ether oxygens (including phenoxy) is 1. The van der Waals surface area contributed by atoms with Crippen LogP contribution in [0.3, 0.4) is 0 Å².